The average molecular weight is 380 g/mol. The first kappa shape index (κ1) is 17.9. The number of carbonyl (C=O) groups excluding carboxylic acids is 1. The molecule has 2 aromatic carbocycles. The number of amides is 1. The fourth-order valence-electron chi connectivity index (χ4n) is 2.77. The van der Waals surface area contributed by atoms with E-state index in [1.165, 1.54) is 0 Å². The molecule has 0 bridgehead atoms. The molecule has 6 heteroatoms. The molecular weight excluding hydrogens is 361 g/mol. The molecule has 0 fully saturated rings. The molecule has 1 aliphatic rings. The molecule has 25 heavy (non-hydrogen) atoms. The van der Waals surface area contributed by atoms with Gasteiger partial charge in [0.2, 0.25) is 5.91 Å². The molecule has 1 aliphatic heterocycles. The minimum Gasteiger partial charge on any atom is -0.493 e. The van der Waals surface area contributed by atoms with Crippen LogP contribution in [0.2, 0.25) is 10.0 Å². The summed E-state index contributed by atoms with van der Waals surface area (Å²) in [5.41, 5.74) is 1.03. The third kappa shape index (κ3) is 4.80. The Kier molecular flexibility index (Phi) is 6.05. The Morgan fingerprint density at radius 1 is 1.24 bits per heavy atom. The van der Waals surface area contributed by atoms with E-state index in [0.717, 1.165) is 17.7 Å². The standard InChI is InChI=1S/C19H19Cl2NO3/c20-13-7-8-18(15(21)12-13)24-10-3-6-19(23)22-16-9-11-25-17-5-2-1-4-14(16)17/h1-2,4-5,7-8,12,16H,3,6,9-11H2,(H,22,23)/t16-/m0/s1. The van der Waals surface area contributed by atoms with Gasteiger partial charge in [0.15, 0.2) is 0 Å². The molecule has 1 atom stereocenters. The van der Waals surface area contributed by atoms with Gasteiger partial charge in [0.25, 0.3) is 0 Å². The number of rotatable bonds is 6. The normalized spacial score (nSPS) is 15.8. The zero-order valence-corrected chi connectivity index (χ0v) is 15.1. The van der Waals surface area contributed by atoms with Crippen LogP contribution in [0.15, 0.2) is 42.5 Å². The van der Waals surface area contributed by atoms with E-state index in [9.17, 15) is 4.79 Å². The van der Waals surface area contributed by atoms with E-state index in [0.29, 0.717) is 41.9 Å². The fraction of sp³-hybridized carbons (Fsp3) is 0.316. The molecule has 4 nitrogen and oxygen atoms in total. The predicted octanol–water partition coefficient (Wildman–Crippen LogP) is 4.79. The monoisotopic (exact) mass is 379 g/mol. The van der Waals surface area contributed by atoms with Crippen molar-refractivity contribution in [1.82, 2.24) is 5.32 Å². The van der Waals surface area contributed by atoms with Crippen molar-refractivity contribution in [2.24, 2.45) is 0 Å². The SMILES string of the molecule is O=C(CCCOc1ccc(Cl)cc1Cl)N[C@H]1CCOc2ccccc21. The van der Waals surface area contributed by atoms with Crippen molar-refractivity contribution in [3.05, 3.63) is 58.1 Å². The molecule has 3 rings (SSSR count). The molecule has 1 N–H and O–H groups in total. The molecular formula is C19H19Cl2NO3. The molecule has 0 spiro atoms. The van der Waals surface area contributed by atoms with Gasteiger partial charge in [0.05, 0.1) is 24.3 Å². The fourth-order valence-corrected chi connectivity index (χ4v) is 3.23. The second-order valence-electron chi connectivity index (χ2n) is 5.82. The van der Waals surface area contributed by atoms with Crippen molar-refractivity contribution in [2.45, 2.75) is 25.3 Å². The number of para-hydroxylation sites is 1. The smallest absolute Gasteiger partial charge is 0.220 e. The van der Waals surface area contributed by atoms with Crippen LogP contribution in [0.5, 0.6) is 11.5 Å². The number of halogens is 2. The first-order valence-corrected chi connectivity index (χ1v) is 8.98. The number of hydrogen-bond acceptors (Lipinski definition) is 3. The highest BCUT2D eigenvalue weighted by Gasteiger charge is 2.22. The van der Waals surface area contributed by atoms with Gasteiger partial charge in [0, 0.05) is 23.4 Å². The number of carbonyl (C=O) groups is 1. The van der Waals surface area contributed by atoms with Crippen LogP contribution in [0.3, 0.4) is 0 Å². The van der Waals surface area contributed by atoms with E-state index in [2.05, 4.69) is 5.32 Å². The lowest BCUT2D eigenvalue weighted by atomic mass is 10.0. The van der Waals surface area contributed by atoms with Crippen molar-refractivity contribution in [1.29, 1.82) is 0 Å². The summed E-state index contributed by atoms with van der Waals surface area (Å²) in [6, 6.07) is 12.9. The lowest BCUT2D eigenvalue weighted by Crippen LogP contribution is -2.32. The zero-order chi connectivity index (χ0) is 17.6. The molecule has 132 valence electrons. The molecule has 1 amide bonds. The molecule has 0 aromatic heterocycles. The Morgan fingerprint density at radius 3 is 2.92 bits per heavy atom. The highest BCUT2D eigenvalue weighted by molar-refractivity contribution is 6.35. The minimum atomic E-state index is 0.00378. The molecule has 0 saturated carbocycles. The average Bonchev–Trinajstić information content (AvgIpc) is 2.60. The molecule has 0 unspecified atom stereocenters. The maximum atomic E-state index is 12.2. The van der Waals surface area contributed by atoms with E-state index in [1.54, 1.807) is 18.2 Å². The van der Waals surface area contributed by atoms with Crippen molar-refractivity contribution < 1.29 is 14.3 Å². The van der Waals surface area contributed by atoms with Crippen LogP contribution in [-0.4, -0.2) is 19.1 Å². The van der Waals surface area contributed by atoms with Gasteiger partial charge in [-0.1, -0.05) is 41.4 Å². The predicted molar refractivity (Wildman–Crippen MR) is 98.6 cm³/mol. The zero-order valence-electron chi connectivity index (χ0n) is 13.6. The Balaban J connectivity index is 1.44. The second-order valence-corrected chi connectivity index (χ2v) is 6.67. The number of hydrogen-bond donors (Lipinski definition) is 1. The summed E-state index contributed by atoms with van der Waals surface area (Å²) in [5.74, 6) is 1.43. The third-order valence-corrected chi connectivity index (χ3v) is 4.52. The van der Waals surface area contributed by atoms with Crippen LogP contribution in [0.1, 0.15) is 30.9 Å². The van der Waals surface area contributed by atoms with Gasteiger partial charge in [-0.3, -0.25) is 4.79 Å². The van der Waals surface area contributed by atoms with E-state index in [4.69, 9.17) is 32.7 Å². The first-order chi connectivity index (χ1) is 12.1. The lowest BCUT2D eigenvalue weighted by molar-refractivity contribution is -0.122. The summed E-state index contributed by atoms with van der Waals surface area (Å²) in [6.45, 7) is 1.03. The first-order valence-electron chi connectivity index (χ1n) is 8.22. The van der Waals surface area contributed by atoms with E-state index in [-0.39, 0.29) is 11.9 Å². The number of fused-ring (bicyclic) bond motifs is 1. The molecule has 0 radical (unpaired) electrons. The van der Waals surface area contributed by atoms with Gasteiger partial charge in [0.1, 0.15) is 11.5 Å². The van der Waals surface area contributed by atoms with Gasteiger partial charge in [-0.15, -0.1) is 0 Å². The summed E-state index contributed by atoms with van der Waals surface area (Å²) >= 11 is 11.9. The maximum absolute atomic E-state index is 12.2. The number of nitrogens with one attached hydrogen (secondary N) is 1. The van der Waals surface area contributed by atoms with Gasteiger partial charge in [-0.05, 0) is 30.7 Å². The van der Waals surface area contributed by atoms with Gasteiger partial charge >= 0.3 is 0 Å². The summed E-state index contributed by atoms with van der Waals surface area (Å²) < 4.78 is 11.2. The summed E-state index contributed by atoms with van der Waals surface area (Å²) in [6.07, 6.45) is 1.78. The minimum absolute atomic E-state index is 0.00378. The van der Waals surface area contributed by atoms with Crippen molar-refractivity contribution in [3.63, 3.8) is 0 Å². The van der Waals surface area contributed by atoms with Crippen LogP contribution in [-0.2, 0) is 4.79 Å². The van der Waals surface area contributed by atoms with Crippen molar-refractivity contribution in [2.75, 3.05) is 13.2 Å². The number of benzene rings is 2. The summed E-state index contributed by atoms with van der Waals surface area (Å²) in [4.78, 5) is 12.2. The summed E-state index contributed by atoms with van der Waals surface area (Å²) in [5, 5.41) is 4.11. The van der Waals surface area contributed by atoms with Crippen LogP contribution >= 0.6 is 23.2 Å². The van der Waals surface area contributed by atoms with E-state index in [1.807, 2.05) is 24.3 Å². The topological polar surface area (TPSA) is 47.6 Å². The van der Waals surface area contributed by atoms with Crippen molar-refractivity contribution in [3.8, 4) is 11.5 Å². The third-order valence-electron chi connectivity index (χ3n) is 3.99. The van der Waals surface area contributed by atoms with Crippen LogP contribution in [0.25, 0.3) is 0 Å². The molecule has 0 aliphatic carbocycles. The summed E-state index contributed by atoms with van der Waals surface area (Å²) in [7, 11) is 0. The Labute approximate surface area is 157 Å². The molecule has 2 aromatic rings. The number of ether oxygens (including phenoxy) is 2. The highest BCUT2D eigenvalue weighted by atomic mass is 35.5. The van der Waals surface area contributed by atoms with Gasteiger partial charge in [-0.2, -0.15) is 0 Å². The molecule has 0 saturated heterocycles. The Hall–Kier alpha value is -1.91. The van der Waals surface area contributed by atoms with E-state index < -0.39 is 0 Å². The maximum Gasteiger partial charge on any atom is 0.220 e. The van der Waals surface area contributed by atoms with Gasteiger partial charge in [-0.25, -0.2) is 0 Å². The quantitative estimate of drug-likeness (QED) is 0.733. The largest absolute Gasteiger partial charge is 0.493 e. The Bertz CT molecular complexity index is 751. The van der Waals surface area contributed by atoms with Gasteiger partial charge < -0.3 is 14.8 Å². The lowest BCUT2D eigenvalue weighted by Gasteiger charge is -2.26. The van der Waals surface area contributed by atoms with E-state index >= 15 is 0 Å². The van der Waals surface area contributed by atoms with Crippen molar-refractivity contribution >= 4 is 29.1 Å². The van der Waals surface area contributed by atoms with Crippen LogP contribution < -0.4 is 14.8 Å². The van der Waals surface area contributed by atoms with Crippen LogP contribution in [0.4, 0.5) is 0 Å². The second kappa shape index (κ2) is 8.45. The Morgan fingerprint density at radius 2 is 2.08 bits per heavy atom. The molecule has 1 heterocycles. The van der Waals surface area contributed by atoms with Crippen LogP contribution in [0, 0.1) is 0 Å². The highest BCUT2D eigenvalue weighted by Crippen LogP contribution is 2.31.